The summed E-state index contributed by atoms with van der Waals surface area (Å²) in [5.74, 6) is -1.19. The monoisotopic (exact) mass is 375 g/mol. The summed E-state index contributed by atoms with van der Waals surface area (Å²) in [5.41, 5.74) is 2.45. The van der Waals surface area contributed by atoms with Crippen LogP contribution in [0.4, 0.5) is 4.39 Å². The van der Waals surface area contributed by atoms with Crippen LogP contribution in [-0.4, -0.2) is 27.6 Å². The van der Waals surface area contributed by atoms with Gasteiger partial charge in [0.05, 0.1) is 0 Å². The van der Waals surface area contributed by atoms with E-state index in [1.165, 1.54) is 48.1 Å². The fourth-order valence-corrected chi connectivity index (χ4v) is 2.75. The number of benzene rings is 2. The Labute approximate surface area is 159 Å². The summed E-state index contributed by atoms with van der Waals surface area (Å²) in [6, 6.07) is 14.8. The molecule has 7 heteroatoms. The third kappa shape index (κ3) is 3.37. The van der Waals surface area contributed by atoms with Crippen molar-refractivity contribution in [3.05, 3.63) is 83.4 Å². The van der Waals surface area contributed by atoms with E-state index in [0.29, 0.717) is 16.8 Å². The minimum Gasteiger partial charge on any atom is -0.402 e. The van der Waals surface area contributed by atoms with Crippen molar-refractivity contribution in [1.29, 1.82) is 0 Å². The fraction of sp³-hybridized carbons (Fsp3) is 0.0476. The molecule has 0 radical (unpaired) electrons. The van der Waals surface area contributed by atoms with Crippen molar-refractivity contribution in [2.75, 3.05) is 0 Å². The Balaban J connectivity index is 1.77. The van der Waals surface area contributed by atoms with Gasteiger partial charge in [-0.2, -0.15) is 5.10 Å². The van der Waals surface area contributed by atoms with Gasteiger partial charge in [0.15, 0.2) is 5.70 Å². The van der Waals surface area contributed by atoms with Crippen LogP contribution in [0.25, 0.3) is 17.3 Å². The molecule has 28 heavy (non-hydrogen) atoms. The van der Waals surface area contributed by atoms with Gasteiger partial charge in [-0.25, -0.2) is 18.9 Å². The molecular formula is C21H14FN3O3. The highest BCUT2D eigenvalue weighted by atomic mass is 19.1. The second-order valence-electron chi connectivity index (χ2n) is 6.11. The Morgan fingerprint density at radius 2 is 1.79 bits per heavy atom. The molecular weight excluding hydrogens is 361 g/mol. The van der Waals surface area contributed by atoms with E-state index in [9.17, 15) is 14.0 Å². The molecule has 2 heterocycles. The zero-order chi connectivity index (χ0) is 19.7. The number of rotatable bonds is 3. The highest BCUT2D eigenvalue weighted by Crippen LogP contribution is 2.26. The summed E-state index contributed by atoms with van der Waals surface area (Å²) in [6.45, 7) is 1.40. The molecule has 1 aromatic heterocycles. The molecule has 0 fully saturated rings. The van der Waals surface area contributed by atoms with E-state index >= 15 is 0 Å². The number of ether oxygens (including phenoxy) is 1. The maximum Gasteiger partial charge on any atom is 0.363 e. The molecule has 0 atom stereocenters. The first-order valence-corrected chi connectivity index (χ1v) is 8.46. The summed E-state index contributed by atoms with van der Waals surface area (Å²) >= 11 is 0. The smallest absolute Gasteiger partial charge is 0.363 e. The van der Waals surface area contributed by atoms with Gasteiger partial charge in [-0.1, -0.05) is 30.3 Å². The van der Waals surface area contributed by atoms with Gasteiger partial charge in [-0.05, 0) is 30.3 Å². The second kappa shape index (κ2) is 7.03. The number of halogens is 1. The van der Waals surface area contributed by atoms with Crippen LogP contribution in [0.5, 0.6) is 0 Å². The van der Waals surface area contributed by atoms with E-state index in [0.717, 1.165) is 5.56 Å². The average molecular weight is 375 g/mol. The highest BCUT2D eigenvalue weighted by Gasteiger charge is 2.25. The van der Waals surface area contributed by atoms with Gasteiger partial charge in [-0.15, -0.1) is 0 Å². The molecule has 3 aromatic rings. The van der Waals surface area contributed by atoms with Crippen molar-refractivity contribution in [1.82, 2.24) is 9.78 Å². The zero-order valence-corrected chi connectivity index (χ0v) is 14.8. The molecule has 0 amide bonds. The highest BCUT2D eigenvalue weighted by molar-refractivity contribution is 6.13. The topological polar surface area (TPSA) is 73.6 Å². The predicted octanol–water partition coefficient (Wildman–Crippen LogP) is 3.69. The van der Waals surface area contributed by atoms with Crippen LogP contribution in [0.2, 0.25) is 0 Å². The maximum atomic E-state index is 13.1. The first-order chi connectivity index (χ1) is 13.5. The van der Waals surface area contributed by atoms with Gasteiger partial charge in [0.25, 0.3) is 0 Å². The molecule has 0 N–H and O–H groups in total. The summed E-state index contributed by atoms with van der Waals surface area (Å²) in [6.07, 6.45) is 3.06. The van der Waals surface area contributed by atoms with E-state index in [4.69, 9.17) is 4.74 Å². The molecule has 0 aliphatic carbocycles. The normalized spacial score (nSPS) is 14.9. The number of carbonyl (C=O) groups is 2. The minimum atomic E-state index is -0.631. The second-order valence-corrected chi connectivity index (χ2v) is 6.11. The van der Waals surface area contributed by atoms with Crippen molar-refractivity contribution < 1.29 is 18.7 Å². The van der Waals surface area contributed by atoms with Crippen LogP contribution in [-0.2, 0) is 9.53 Å². The van der Waals surface area contributed by atoms with Gasteiger partial charge < -0.3 is 4.74 Å². The van der Waals surface area contributed by atoms with Gasteiger partial charge in [0.2, 0.25) is 11.8 Å². The van der Waals surface area contributed by atoms with E-state index in [1.54, 1.807) is 0 Å². The molecule has 0 saturated heterocycles. The Kier molecular flexibility index (Phi) is 4.41. The van der Waals surface area contributed by atoms with Gasteiger partial charge in [-0.3, -0.25) is 4.79 Å². The van der Waals surface area contributed by atoms with Crippen molar-refractivity contribution in [2.24, 2.45) is 4.99 Å². The number of hydrogen-bond donors (Lipinski definition) is 0. The molecule has 0 spiro atoms. The largest absolute Gasteiger partial charge is 0.402 e. The zero-order valence-electron chi connectivity index (χ0n) is 14.8. The molecule has 6 nitrogen and oxygen atoms in total. The van der Waals surface area contributed by atoms with Crippen LogP contribution in [0.3, 0.4) is 0 Å². The van der Waals surface area contributed by atoms with Crippen molar-refractivity contribution in [3.63, 3.8) is 0 Å². The quantitative estimate of drug-likeness (QED) is 0.517. The first kappa shape index (κ1) is 17.5. The molecule has 0 saturated carbocycles. The van der Waals surface area contributed by atoms with E-state index < -0.39 is 11.8 Å². The molecule has 2 aromatic carbocycles. The SMILES string of the molecule is CC(=O)n1cc(/C=C2/N=C(c3ccc(F)cc3)OC2=O)c(-c2ccccc2)n1. The number of aliphatic imine (C=N–C) groups is 1. The lowest BCUT2D eigenvalue weighted by molar-refractivity contribution is -0.129. The lowest BCUT2D eigenvalue weighted by atomic mass is 10.1. The van der Waals surface area contributed by atoms with Crippen molar-refractivity contribution in [2.45, 2.75) is 6.92 Å². The number of aromatic nitrogens is 2. The van der Waals surface area contributed by atoms with Crippen LogP contribution < -0.4 is 0 Å². The van der Waals surface area contributed by atoms with Gasteiger partial charge >= 0.3 is 5.97 Å². The molecule has 1 aliphatic rings. The number of carbonyl (C=O) groups excluding carboxylic acids is 2. The number of esters is 1. The van der Waals surface area contributed by atoms with E-state index in [1.807, 2.05) is 30.3 Å². The van der Waals surface area contributed by atoms with Crippen LogP contribution in [0.1, 0.15) is 22.8 Å². The number of nitrogens with zero attached hydrogens (tertiary/aromatic N) is 3. The van der Waals surface area contributed by atoms with E-state index in [2.05, 4.69) is 10.1 Å². The third-order valence-corrected chi connectivity index (χ3v) is 4.12. The third-order valence-electron chi connectivity index (χ3n) is 4.12. The summed E-state index contributed by atoms with van der Waals surface area (Å²) in [5, 5.41) is 4.31. The predicted molar refractivity (Wildman–Crippen MR) is 101 cm³/mol. The molecule has 138 valence electrons. The lowest BCUT2D eigenvalue weighted by Crippen LogP contribution is -2.05. The minimum absolute atomic E-state index is 0.0691. The molecule has 4 rings (SSSR count). The standard InChI is InChI=1S/C21H14FN3O3/c1-13(26)25-12-16(19(24-25)14-5-3-2-4-6-14)11-18-21(27)28-20(23-18)15-7-9-17(22)10-8-15/h2-12H,1H3/b18-11+. The Hall–Kier alpha value is -3.87. The molecule has 0 bridgehead atoms. The Bertz CT molecular complexity index is 1130. The molecule has 1 aliphatic heterocycles. The average Bonchev–Trinajstić information content (AvgIpc) is 3.28. The first-order valence-electron chi connectivity index (χ1n) is 8.46. The lowest BCUT2D eigenvalue weighted by Gasteiger charge is -1.98. The Morgan fingerprint density at radius 1 is 1.07 bits per heavy atom. The Morgan fingerprint density at radius 3 is 2.46 bits per heavy atom. The van der Waals surface area contributed by atoms with Crippen LogP contribution >= 0.6 is 0 Å². The summed E-state index contributed by atoms with van der Waals surface area (Å²) < 4.78 is 19.5. The van der Waals surface area contributed by atoms with Crippen molar-refractivity contribution in [3.8, 4) is 11.3 Å². The van der Waals surface area contributed by atoms with Crippen LogP contribution in [0.15, 0.2) is 71.5 Å². The van der Waals surface area contributed by atoms with E-state index in [-0.39, 0.29) is 17.5 Å². The number of hydrogen-bond acceptors (Lipinski definition) is 5. The van der Waals surface area contributed by atoms with Gasteiger partial charge in [0, 0.05) is 29.8 Å². The van der Waals surface area contributed by atoms with Gasteiger partial charge in [0.1, 0.15) is 11.5 Å². The van der Waals surface area contributed by atoms with Crippen molar-refractivity contribution >= 4 is 23.9 Å². The number of cyclic esters (lactones) is 1. The summed E-state index contributed by atoms with van der Waals surface area (Å²) in [7, 11) is 0. The molecule has 0 unspecified atom stereocenters. The fourth-order valence-electron chi connectivity index (χ4n) is 2.75. The maximum absolute atomic E-state index is 13.1. The summed E-state index contributed by atoms with van der Waals surface area (Å²) in [4.78, 5) is 28.2. The van der Waals surface area contributed by atoms with Crippen LogP contribution in [0, 0.1) is 5.82 Å².